The van der Waals surface area contributed by atoms with Gasteiger partial charge in [0.2, 0.25) is 16.0 Å². The molecule has 0 bridgehead atoms. The molecule has 0 aliphatic carbocycles. The van der Waals surface area contributed by atoms with Gasteiger partial charge in [-0.25, -0.2) is 33.8 Å². The number of hydrogen-bond acceptors (Lipinski definition) is 10. The van der Waals surface area contributed by atoms with E-state index in [2.05, 4.69) is 31.2 Å². The van der Waals surface area contributed by atoms with Gasteiger partial charge < -0.3 is 10.2 Å². The number of terminal acetylenes is 1. The van der Waals surface area contributed by atoms with Gasteiger partial charge in [0.15, 0.2) is 0 Å². The van der Waals surface area contributed by atoms with Crippen LogP contribution in [0, 0.1) is 12.3 Å². The summed E-state index contributed by atoms with van der Waals surface area (Å²) >= 11 is 0. The van der Waals surface area contributed by atoms with E-state index < -0.39 is 15.9 Å². The van der Waals surface area contributed by atoms with Gasteiger partial charge in [0, 0.05) is 55.2 Å². The molecule has 1 aliphatic rings. The predicted molar refractivity (Wildman–Crippen MR) is 139 cm³/mol. The van der Waals surface area contributed by atoms with Crippen molar-refractivity contribution in [1.29, 1.82) is 0 Å². The first-order valence-electron chi connectivity index (χ1n) is 11.5. The molecule has 38 heavy (non-hydrogen) atoms. The Labute approximate surface area is 218 Å². The quantitative estimate of drug-likeness (QED) is 0.191. The fraction of sp³-hybridized carbons (Fsp3) is 0.160. The Kier molecular flexibility index (Phi) is 6.84. The molecule has 192 valence electrons. The first kappa shape index (κ1) is 25.0. The summed E-state index contributed by atoms with van der Waals surface area (Å²) in [6.07, 6.45) is 9.50. The highest BCUT2D eigenvalue weighted by Gasteiger charge is 2.30. The maximum Gasteiger partial charge on any atom is 0.277 e. The van der Waals surface area contributed by atoms with Gasteiger partial charge in [-0.05, 0) is 36.4 Å². The monoisotopic (exact) mass is 530 g/mol. The van der Waals surface area contributed by atoms with Crippen molar-refractivity contribution in [3.8, 4) is 12.3 Å². The van der Waals surface area contributed by atoms with E-state index in [1.807, 2.05) is 23.1 Å². The van der Waals surface area contributed by atoms with Crippen LogP contribution in [0.25, 0.3) is 10.9 Å². The molecule has 5 rings (SSSR count). The second-order valence-electron chi connectivity index (χ2n) is 8.36. The van der Waals surface area contributed by atoms with Crippen LogP contribution in [-0.4, -0.2) is 70.0 Å². The second kappa shape index (κ2) is 10.4. The molecule has 0 spiro atoms. The lowest BCUT2D eigenvalue weighted by Gasteiger charge is -2.34. The summed E-state index contributed by atoms with van der Waals surface area (Å²) in [6, 6.07) is 12.0. The third-order valence-electron chi connectivity index (χ3n) is 6.06. The highest BCUT2D eigenvalue weighted by atomic mass is 32.2. The van der Waals surface area contributed by atoms with E-state index in [0.717, 1.165) is 5.69 Å². The van der Waals surface area contributed by atoms with Gasteiger partial charge in [-0.15, -0.1) is 6.42 Å². The molecular formula is C25H22N8O4S. The number of piperazine rings is 1. The van der Waals surface area contributed by atoms with E-state index in [1.165, 1.54) is 34.6 Å². The number of nitrogens with zero attached hydrogens (tertiary/aromatic N) is 6. The van der Waals surface area contributed by atoms with E-state index in [1.54, 1.807) is 18.2 Å². The molecule has 0 saturated carbocycles. The molecule has 12 nitrogen and oxygen atoms in total. The van der Waals surface area contributed by atoms with E-state index in [0.29, 0.717) is 41.3 Å². The molecule has 13 heteroatoms. The third-order valence-corrected chi connectivity index (χ3v) is 7.95. The number of benzene rings is 2. The summed E-state index contributed by atoms with van der Waals surface area (Å²) in [6.45, 7) is 1.16. The fourth-order valence-electron chi connectivity index (χ4n) is 4.06. The van der Waals surface area contributed by atoms with Crippen LogP contribution >= 0.6 is 0 Å². The summed E-state index contributed by atoms with van der Waals surface area (Å²) in [4.78, 5) is 30.3. The Morgan fingerprint density at radius 3 is 2.47 bits per heavy atom. The summed E-state index contributed by atoms with van der Waals surface area (Å²) in [5.74, 6) is 2.69. The average Bonchev–Trinajstić information content (AvgIpc) is 2.97. The van der Waals surface area contributed by atoms with Crippen LogP contribution in [0.5, 0.6) is 0 Å². The topological polar surface area (TPSA) is 154 Å². The smallest absolute Gasteiger partial charge is 0.277 e. The van der Waals surface area contributed by atoms with Crippen molar-refractivity contribution in [3.63, 3.8) is 0 Å². The Morgan fingerprint density at radius 2 is 1.76 bits per heavy atom. The third kappa shape index (κ3) is 4.96. The summed E-state index contributed by atoms with van der Waals surface area (Å²) < 4.78 is 28.4. The van der Waals surface area contributed by atoms with E-state index >= 15 is 0 Å². The molecule has 3 heterocycles. The van der Waals surface area contributed by atoms with E-state index in [4.69, 9.17) is 11.6 Å². The lowest BCUT2D eigenvalue weighted by Crippen LogP contribution is -2.49. The molecule has 0 unspecified atom stereocenters. The fourth-order valence-corrected chi connectivity index (χ4v) is 5.51. The average molecular weight is 531 g/mol. The van der Waals surface area contributed by atoms with Crippen LogP contribution in [0.4, 0.5) is 17.5 Å². The maximum absolute atomic E-state index is 13.5. The number of hydroxylamine groups is 1. The predicted octanol–water partition coefficient (Wildman–Crippen LogP) is 1.77. The molecule has 1 saturated heterocycles. The Balaban J connectivity index is 1.35. The van der Waals surface area contributed by atoms with Gasteiger partial charge in [0.1, 0.15) is 12.1 Å². The molecule has 1 aliphatic heterocycles. The van der Waals surface area contributed by atoms with Crippen molar-refractivity contribution < 1.29 is 18.4 Å². The highest BCUT2D eigenvalue weighted by Crippen LogP contribution is 2.28. The van der Waals surface area contributed by atoms with Crippen LogP contribution in [0.15, 0.2) is 66.1 Å². The molecule has 1 fully saturated rings. The van der Waals surface area contributed by atoms with E-state index in [-0.39, 0.29) is 23.5 Å². The second-order valence-corrected chi connectivity index (χ2v) is 10.3. The largest absolute Gasteiger partial charge is 0.340 e. The number of fused-ring (bicyclic) bond motifs is 1. The molecule has 1 amide bonds. The number of hydrogen-bond donors (Lipinski definition) is 3. The van der Waals surface area contributed by atoms with Crippen LogP contribution in [0.1, 0.15) is 15.9 Å². The number of sulfonamides is 1. The zero-order valence-corrected chi connectivity index (χ0v) is 20.8. The van der Waals surface area contributed by atoms with Crippen LogP contribution < -0.4 is 15.7 Å². The van der Waals surface area contributed by atoms with Crippen molar-refractivity contribution in [2.75, 3.05) is 36.4 Å². The Morgan fingerprint density at radius 1 is 1.00 bits per heavy atom. The van der Waals surface area contributed by atoms with Crippen molar-refractivity contribution in [2.45, 2.75) is 4.90 Å². The maximum atomic E-state index is 13.5. The first-order valence-corrected chi connectivity index (χ1v) is 12.9. The summed E-state index contributed by atoms with van der Waals surface area (Å²) in [7, 11) is -3.81. The first-order chi connectivity index (χ1) is 18.4. The van der Waals surface area contributed by atoms with Crippen LogP contribution in [-0.2, 0) is 10.0 Å². The number of aromatic nitrogens is 4. The van der Waals surface area contributed by atoms with Gasteiger partial charge in [-0.3, -0.25) is 10.0 Å². The minimum Gasteiger partial charge on any atom is -0.340 e. The van der Waals surface area contributed by atoms with Gasteiger partial charge in [-0.1, -0.05) is 12.0 Å². The Bertz CT molecular complexity index is 1650. The van der Waals surface area contributed by atoms with Gasteiger partial charge >= 0.3 is 0 Å². The molecule has 4 aromatic rings. The highest BCUT2D eigenvalue weighted by molar-refractivity contribution is 7.89. The van der Waals surface area contributed by atoms with Crippen molar-refractivity contribution in [1.82, 2.24) is 29.7 Å². The minimum atomic E-state index is -3.81. The van der Waals surface area contributed by atoms with Crippen molar-refractivity contribution >= 4 is 44.3 Å². The standard InChI is InChI=1S/C25H22N8O4S/c1-2-17-4-3-5-19(12-17)30-23-21-13-20(6-7-22(21)28-16-29-23)38(36,37)33-10-8-32(9-11-33)25-26-14-18(15-27-25)24(34)31-35/h1,3-7,12-16,35H,8-11H2,(H,31,34)(H,28,29,30). The molecule has 2 aromatic carbocycles. The van der Waals surface area contributed by atoms with Crippen LogP contribution in [0.2, 0.25) is 0 Å². The number of nitrogens with one attached hydrogen (secondary N) is 2. The molecule has 0 atom stereocenters. The number of rotatable bonds is 6. The molecule has 2 aromatic heterocycles. The number of anilines is 3. The lowest BCUT2D eigenvalue weighted by atomic mass is 10.2. The molecule has 0 radical (unpaired) electrons. The van der Waals surface area contributed by atoms with Crippen LogP contribution in [0.3, 0.4) is 0 Å². The van der Waals surface area contributed by atoms with Crippen molar-refractivity contribution in [3.05, 3.63) is 72.3 Å². The number of amides is 1. The van der Waals surface area contributed by atoms with Gasteiger partial charge in [0.25, 0.3) is 5.91 Å². The summed E-state index contributed by atoms with van der Waals surface area (Å²) in [5.41, 5.74) is 3.64. The van der Waals surface area contributed by atoms with E-state index in [9.17, 15) is 13.2 Å². The SMILES string of the molecule is C#Cc1cccc(Nc2ncnc3ccc(S(=O)(=O)N4CCN(c5ncc(C(=O)NO)cn5)CC4)cc23)c1. The lowest BCUT2D eigenvalue weighted by molar-refractivity contribution is 0.0705. The number of carbonyl (C=O) groups excluding carboxylic acids is 1. The zero-order chi connectivity index (χ0) is 26.7. The van der Waals surface area contributed by atoms with Crippen molar-refractivity contribution in [2.24, 2.45) is 0 Å². The summed E-state index contributed by atoms with van der Waals surface area (Å²) in [5, 5.41) is 12.5. The minimum absolute atomic E-state index is 0.107. The molecular weight excluding hydrogens is 508 g/mol. The normalized spacial score (nSPS) is 14.2. The van der Waals surface area contributed by atoms with Gasteiger partial charge in [0.05, 0.1) is 16.0 Å². The zero-order valence-electron chi connectivity index (χ0n) is 19.9. The van der Waals surface area contributed by atoms with Gasteiger partial charge in [-0.2, -0.15) is 4.31 Å². The number of carbonyl (C=O) groups is 1. The molecule has 3 N–H and O–H groups in total. The Hall–Kier alpha value is -4.64.